The number of anilines is 1. The summed E-state index contributed by atoms with van der Waals surface area (Å²) in [6, 6.07) is 7.95. The molecule has 4 heterocycles. The van der Waals surface area contributed by atoms with Crippen molar-refractivity contribution in [1.82, 2.24) is 4.90 Å². The highest BCUT2D eigenvalue weighted by Gasteiger charge is 2.61. The van der Waals surface area contributed by atoms with Gasteiger partial charge in [0.25, 0.3) is 0 Å². The summed E-state index contributed by atoms with van der Waals surface area (Å²) in [6.07, 6.45) is 2.87. The van der Waals surface area contributed by atoms with E-state index in [1.807, 2.05) is 31.2 Å². The lowest BCUT2D eigenvalue weighted by Crippen LogP contribution is -2.56. The highest BCUT2D eigenvalue weighted by molar-refractivity contribution is 6.07. The predicted molar refractivity (Wildman–Crippen MR) is 94.6 cm³/mol. The molecular formula is C20H22N2O4. The highest BCUT2D eigenvalue weighted by Crippen LogP contribution is 2.53. The first-order valence-electron chi connectivity index (χ1n) is 9.26. The molecule has 4 aliphatic heterocycles. The fourth-order valence-corrected chi connectivity index (χ4v) is 5.66. The Hall–Kier alpha value is -2.34. The molecule has 6 heteroatoms. The number of hydrogen-bond acceptors (Lipinski definition) is 4. The van der Waals surface area contributed by atoms with Crippen molar-refractivity contribution in [3.8, 4) is 0 Å². The number of ether oxygens (including phenoxy) is 1. The van der Waals surface area contributed by atoms with Crippen LogP contribution in [0.15, 0.2) is 36.1 Å². The first kappa shape index (κ1) is 15.9. The summed E-state index contributed by atoms with van der Waals surface area (Å²) in [5.74, 6) is -0.778. The fourth-order valence-electron chi connectivity index (χ4n) is 5.66. The average molecular weight is 354 g/mol. The van der Waals surface area contributed by atoms with Gasteiger partial charge >= 0.3 is 5.97 Å². The third-order valence-corrected chi connectivity index (χ3v) is 6.96. The topological polar surface area (TPSA) is 78.9 Å². The van der Waals surface area contributed by atoms with Gasteiger partial charge in [0.1, 0.15) is 0 Å². The van der Waals surface area contributed by atoms with E-state index in [-0.39, 0.29) is 29.9 Å². The first-order chi connectivity index (χ1) is 12.5. The SMILES string of the molecule is C[C@@H]1OC=C(C(=O)O)[C@H]2C[C@H]3N(CC[C@@]34C(=O)Nc3ccccc34)C[C@@H]12. The van der Waals surface area contributed by atoms with Crippen molar-refractivity contribution in [3.05, 3.63) is 41.7 Å². The summed E-state index contributed by atoms with van der Waals surface area (Å²) in [5.41, 5.74) is 1.75. The lowest BCUT2D eigenvalue weighted by Gasteiger charge is -2.47. The molecule has 0 saturated carbocycles. The van der Waals surface area contributed by atoms with E-state index in [9.17, 15) is 14.7 Å². The van der Waals surface area contributed by atoms with Crippen molar-refractivity contribution in [2.24, 2.45) is 11.8 Å². The Morgan fingerprint density at radius 1 is 1.38 bits per heavy atom. The van der Waals surface area contributed by atoms with Crippen molar-refractivity contribution in [1.29, 1.82) is 0 Å². The molecule has 4 aliphatic rings. The van der Waals surface area contributed by atoms with Crippen molar-refractivity contribution in [2.75, 3.05) is 18.4 Å². The number of benzene rings is 1. The molecule has 2 saturated heterocycles. The molecule has 5 rings (SSSR count). The molecule has 2 N–H and O–H groups in total. The number of aliphatic carboxylic acids is 1. The molecular weight excluding hydrogens is 332 g/mol. The fraction of sp³-hybridized carbons (Fsp3) is 0.500. The molecule has 1 amide bonds. The van der Waals surface area contributed by atoms with Crippen LogP contribution in [-0.4, -0.2) is 47.1 Å². The first-order valence-corrected chi connectivity index (χ1v) is 9.26. The van der Waals surface area contributed by atoms with Gasteiger partial charge in [-0.25, -0.2) is 4.79 Å². The number of carboxylic acids is 1. The van der Waals surface area contributed by atoms with Crippen LogP contribution < -0.4 is 5.32 Å². The van der Waals surface area contributed by atoms with E-state index in [2.05, 4.69) is 10.2 Å². The summed E-state index contributed by atoms with van der Waals surface area (Å²) in [6.45, 7) is 3.64. The zero-order valence-electron chi connectivity index (χ0n) is 14.6. The number of carbonyl (C=O) groups is 2. The van der Waals surface area contributed by atoms with Gasteiger partial charge in [0.05, 0.1) is 23.4 Å². The predicted octanol–water partition coefficient (Wildman–Crippen LogP) is 1.97. The number of piperidine rings is 1. The Morgan fingerprint density at radius 2 is 2.19 bits per heavy atom. The lowest BCUT2D eigenvalue weighted by molar-refractivity contribution is -0.135. The van der Waals surface area contributed by atoms with E-state index in [4.69, 9.17) is 4.74 Å². The van der Waals surface area contributed by atoms with Crippen LogP contribution in [0, 0.1) is 11.8 Å². The standard InChI is InChI=1S/C20H22N2O4/c1-11-13-9-22-7-6-20(15-4-2-3-5-16(15)21-19(20)25)17(22)8-12(13)14(10-26-11)18(23)24/h2-5,10-13,17H,6-9H2,1H3,(H,21,25)(H,23,24)/t11-,12-,13-,17+,20-/m0/s1. The average Bonchev–Trinajstić information content (AvgIpc) is 3.14. The summed E-state index contributed by atoms with van der Waals surface area (Å²) >= 11 is 0. The molecule has 26 heavy (non-hydrogen) atoms. The van der Waals surface area contributed by atoms with Crippen LogP contribution in [0.4, 0.5) is 5.69 Å². The van der Waals surface area contributed by atoms with Crippen molar-refractivity contribution in [2.45, 2.75) is 37.3 Å². The zero-order chi connectivity index (χ0) is 18.1. The number of amides is 1. The summed E-state index contributed by atoms with van der Waals surface area (Å²) in [5, 5.41) is 12.7. The quantitative estimate of drug-likeness (QED) is 0.806. The van der Waals surface area contributed by atoms with Gasteiger partial charge in [-0.05, 0) is 37.9 Å². The number of rotatable bonds is 1. The second-order valence-electron chi connectivity index (χ2n) is 7.96. The second-order valence-corrected chi connectivity index (χ2v) is 7.96. The largest absolute Gasteiger partial charge is 0.497 e. The smallest absolute Gasteiger partial charge is 0.334 e. The van der Waals surface area contributed by atoms with Crippen molar-refractivity contribution >= 4 is 17.6 Å². The molecule has 2 fully saturated rings. The minimum atomic E-state index is -0.913. The normalized spacial score (nSPS) is 38.0. The molecule has 0 aliphatic carbocycles. The second kappa shape index (κ2) is 5.33. The van der Waals surface area contributed by atoms with Crippen LogP contribution in [0.2, 0.25) is 0 Å². The third kappa shape index (κ3) is 1.91. The van der Waals surface area contributed by atoms with Crippen LogP contribution in [0.25, 0.3) is 0 Å². The van der Waals surface area contributed by atoms with Crippen LogP contribution in [0.1, 0.15) is 25.3 Å². The van der Waals surface area contributed by atoms with Crippen LogP contribution in [0.3, 0.4) is 0 Å². The van der Waals surface area contributed by atoms with Gasteiger partial charge in [-0.1, -0.05) is 18.2 Å². The third-order valence-electron chi connectivity index (χ3n) is 6.96. The van der Waals surface area contributed by atoms with Crippen LogP contribution in [-0.2, 0) is 19.7 Å². The van der Waals surface area contributed by atoms with E-state index in [1.165, 1.54) is 6.26 Å². The molecule has 5 atom stereocenters. The Labute approximate surface area is 151 Å². The highest BCUT2D eigenvalue weighted by atomic mass is 16.5. The maximum Gasteiger partial charge on any atom is 0.334 e. The van der Waals surface area contributed by atoms with Gasteiger partial charge in [0, 0.05) is 30.1 Å². The Bertz CT molecular complexity index is 835. The molecule has 0 radical (unpaired) electrons. The number of carbonyl (C=O) groups excluding carboxylic acids is 1. The maximum absolute atomic E-state index is 13.1. The molecule has 1 aromatic rings. The Balaban J connectivity index is 1.57. The Kier molecular flexibility index (Phi) is 3.26. The van der Waals surface area contributed by atoms with Gasteiger partial charge in [-0.2, -0.15) is 0 Å². The monoisotopic (exact) mass is 354 g/mol. The molecule has 1 spiro atoms. The number of para-hydroxylation sites is 1. The van der Waals surface area contributed by atoms with Gasteiger partial charge in [-0.15, -0.1) is 0 Å². The van der Waals surface area contributed by atoms with Crippen LogP contribution in [0.5, 0.6) is 0 Å². The van der Waals surface area contributed by atoms with Crippen molar-refractivity contribution < 1.29 is 19.4 Å². The van der Waals surface area contributed by atoms with Gasteiger partial charge in [0.2, 0.25) is 5.91 Å². The van der Waals surface area contributed by atoms with E-state index in [0.717, 1.165) is 30.8 Å². The number of fused-ring (bicyclic) bond motifs is 5. The van der Waals surface area contributed by atoms with E-state index < -0.39 is 11.4 Å². The van der Waals surface area contributed by atoms with Crippen LogP contribution >= 0.6 is 0 Å². The van der Waals surface area contributed by atoms with E-state index in [0.29, 0.717) is 12.0 Å². The molecule has 6 nitrogen and oxygen atoms in total. The minimum Gasteiger partial charge on any atom is -0.497 e. The van der Waals surface area contributed by atoms with Crippen molar-refractivity contribution in [3.63, 3.8) is 0 Å². The van der Waals surface area contributed by atoms with Gasteiger partial charge < -0.3 is 15.2 Å². The summed E-state index contributed by atoms with van der Waals surface area (Å²) in [4.78, 5) is 27.2. The van der Waals surface area contributed by atoms with Gasteiger partial charge in [0.15, 0.2) is 0 Å². The summed E-state index contributed by atoms with van der Waals surface area (Å²) in [7, 11) is 0. The van der Waals surface area contributed by atoms with E-state index >= 15 is 0 Å². The zero-order valence-corrected chi connectivity index (χ0v) is 14.6. The molecule has 0 unspecified atom stereocenters. The Morgan fingerprint density at radius 3 is 3.00 bits per heavy atom. The number of hydrogen-bond donors (Lipinski definition) is 2. The molecule has 1 aromatic carbocycles. The maximum atomic E-state index is 13.1. The molecule has 0 aromatic heterocycles. The minimum absolute atomic E-state index is 0.00899. The molecule has 136 valence electrons. The molecule has 0 bridgehead atoms. The van der Waals surface area contributed by atoms with E-state index in [1.54, 1.807) is 0 Å². The van der Waals surface area contributed by atoms with Gasteiger partial charge in [-0.3, -0.25) is 9.69 Å². The number of nitrogens with zero attached hydrogens (tertiary/aromatic N) is 1. The number of nitrogens with one attached hydrogen (secondary N) is 1. The number of carboxylic acid groups (broad SMARTS) is 1. The summed E-state index contributed by atoms with van der Waals surface area (Å²) < 4.78 is 5.62. The lowest BCUT2D eigenvalue weighted by atomic mass is 9.66.